The van der Waals surface area contributed by atoms with Crippen molar-refractivity contribution < 1.29 is 18.4 Å². The maximum absolute atomic E-state index is 13.1. The van der Waals surface area contributed by atoms with Gasteiger partial charge >= 0.3 is 0 Å². The van der Waals surface area contributed by atoms with Gasteiger partial charge in [0, 0.05) is 18.8 Å². The van der Waals surface area contributed by atoms with Gasteiger partial charge in [-0.1, -0.05) is 12.1 Å². The maximum atomic E-state index is 13.1. The number of benzene rings is 2. The van der Waals surface area contributed by atoms with Crippen molar-refractivity contribution in [1.82, 2.24) is 9.80 Å². The Hall–Kier alpha value is -2.87. The van der Waals surface area contributed by atoms with E-state index in [0.717, 1.165) is 5.56 Å². The molecule has 8 heteroatoms. The zero-order chi connectivity index (χ0) is 21.0. The number of carbonyl (C=O) groups is 2. The van der Waals surface area contributed by atoms with E-state index >= 15 is 0 Å². The lowest BCUT2D eigenvalue weighted by atomic mass is 10.1. The van der Waals surface area contributed by atoms with Crippen molar-refractivity contribution in [3.05, 3.63) is 65.7 Å². The van der Waals surface area contributed by atoms with Crippen LogP contribution in [-0.2, 0) is 16.0 Å². The van der Waals surface area contributed by atoms with Crippen LogP contribution in [0.25, 0.3) is 0 Å². The van der Waals surface area contributed by atoms with Crippen LogP contribution in [0.3, 0.4) is 0 Å². The van der Waals surface area contributed by atoms with E-state index in [1.54, 1.807) is 17.0 Å². The van der Waals surface area contributed by atoms with Crippen molar-refractivity contribution in [2.75, 3.05) is 18.4 Å². The summed E-state index contributed by atoms with van der Waals surface area (Å²) in [5, 5.41) is 3.07. The molecule has 0 aliphatic carbocycles. The number of nitrogens with zero attached hydrogens (tertiary/aromatic N) is 2. The number of nitrogens with one attached hydrogen (secondary N) is 1. The fraction of sp³-hybridized carbons (Fsp3) is 0.286. The molecule has 1 saturated heterocycles. The van der Waals surface area contributed by atoms with Gasteiger partial charge in [0.15, 0.2) is 5.11 Å². The summed E-state index contributed by atoms with van der Waals surface area (Å²) in [6.45, 7) is 2.67. The van der Waals surface area contributed by atoms with E-state index in [1.165, 1.54) is 41.3 Å². The fourth-order valence-electron chi connectivity index (χ4n) is 3.26. The number of amides is 2. The number of halogens is 2. The lowest BCUT2D eigenvalue weighted by Gasteiger charge is -2.23. The molecule has 0 radical (unpaired) electrons. The molecule has 0 unspecified atom stereocenters. The molecule has 2 amide bonds. The predicted octanol–water partition coefficient (Wildman–Crippen LogP) is 3.35. The van der Waals surface area contributed by atoms with Crippen LogP contribution in [0.4, 0.5) is 14.5 Å². The van der Waals surface area contributed by atoms with E-state index < -0.39 is 11.9 Å². The SMILES string of the molecule is CCN1C(=O)[C@H](CC(=O)Nc2ccc(F)cc2)N(CCc2ccc(F)cc2)C1=S. The van der Waals surface area contributed by atoms with Gasteiger partial charge in [-0.15, -0.1) is 0 Å². The Morgan fingerprint density at radius 2 is 1.66 bits per heavy atom. The predicted molar refractivity (Wildman–Crippen MR) is 110 cm³/mol. The summed E-state index contributed by atoms with van der Waals surface area (Å²) in [4.78, 5) is 28.5. The summed E-state index contributed by atoms with van der Waals surface area (Å²) in [7, 11) is 0. The first-order valence-electron chi connectivity index (χ1n) is 9.31. The largest absolute Gasteiger partial charge is 0.336 e. The zero-order valence-corrected chi connectivity index (χ0v) is 16.7. The number of thiocarbonyl (C=S) groups is 1. The van der Waals surface area contributed by atoms with Gasteiger partial charge in [0.2, 0.25) is 5.91 Å². The van der Waals surface area contributed by atoms with Crippen molar-refractivity contribution in [3.8, 4) is 0 Å². The van der Waals surface area contributed by atoms with Crippen LogP contribution in [0.5, 0.6) is 0 Å². The van der Waals surface area contributed by atoms with Crippen molar-refractivity contribution in [2.24, 2.45) is 0 Å². The molecule has 2 aromatic rings. The van der Waals surface area contributed by atoms with Gasteiger partial charge in [-0.05, 0) is 67.5 Å². The highest BCUT2D eigenvalue weighted by molar-refractivity contribution is 7.80. The molecule has 1 fully saturated rings. The highest BCUT2D eigenvalue weighted by Gasteiger charge is 2.42. The number of hydrogen-bond acceptors (Lipinski definition) is 3. The van der Waals surface area contributed by atoms with Crippen molar-refractivity contribution in [1.29, 1.82) is 0 Å². The van der Waals surface area contributed by atoms with E-state index in [1.807, 2.05) is 6.92 Å². The third kappa shape index (κ3) is 4.95. The minimum atomic E-state index is -0.705. The first-order valence-corrected chi connectivity index (χ1v) is 9.71. The zero-order valence-electron chi connectivity index (χ0n) is 15.9. The lowest BCUT2D eigenvalue weighted by molar-refractivity contribution is -0.130. The summed E-state index contributed by atoms with van der Waals surface area (Å²) in [6.07, 6.45) is 0.484. The molecule has 0 saturated carbocycles. The minimum Gasteiger partial charge on any atom is -0.336 e. The minimum absolute atomic E-state index is 0.0731. The molecule has 1 aliphatic heterocycles. The van der Waals surface area contributed by atoms with Crippen LogP contribution in [-0.4, -0.2) is 45.9 Å². The van der Waals surface area contributed by atoms with Gasteiger partial charge in [0.05, 0.1) is 6.42 Å². The summed E-state index contributed by atoms with van der Waals surface area (Å²) >= 11 is 5.45. The van der Waals surface area contributed by atoms with Crippen LogP contribution in [0, 0.1) is 11.6 Å². The van der Waals surface area contributed by atoms with Crippen LogP contribution < -0.4 is 5.32 Å². The molecule has 5 nitrogen and oxygen atoms in total. The maximum Gasteiger partial charge on any atom is 0.252 e. The quantitative estimate of drug-likeness (QED) is 0.702. The molecule has 0 aromatic heterocycles. The Labute approximate surface area is 173 Å². The Morgan fingerprint density at radius 1 is 1.07 bits per heavy atom. The van der Waals surface area contributed by atoms with Crippen LogP contribution >= 0.6 is 12.2 Å². The second-order valence-electron chi connectivity index (χ2n) is 6.71. The molecule has 1 heterocycles. The average molecular weight is 417 g/mol. The summed E-state index contributed by atoms with van der Waals surface area (Å²) < 4.78 is 26.1. The number of rotatable bonds is 7. The molecule has 0 spiro atoms. The highest BCUT2D eigenvalue weighted by Crippen LogP contribution is 2.22. The van der Waals surface area contributed by atoms with Crippen LogP contribution in [0.2, 0.25) is 0 Å². The molecular weight excluding hydrogens is 396 g/mol. The average Bonchev–Trinajstić information content (AvgIpc) is 2.92. The van der Waals surface area contributed by atoms with E-state index in [9.17, 15) is 18.4 Å². The number of likely N-dealkylation sites (N-methyl/N-ethyl adjacent to an activating group) is 1. The van der Waals surface area contributed by atoms with Gasteiger partial charge in [0.25, 0.3) is 5.91 Å². The van der Waals surface area contributed by atoms with E-state index in [2.05, 4.69) is 5.32 Å². The summed E-state index contributed by atoms with van der Waals surface area (Å²) in [5.74, 6) is -1.29. The topological polar surface area (TPSA) is 52.7 Å². The van der Waals surface area contributed by atoms with Gasteiger partial charge in [-0.3, -0.25) is 14.5 Å². The number of anilines is 1. The Kier molecular flexibility index (Phi) is 6.53. The van der Waals surface area contributed by atoms with Crippen LogP contribution in [0.1, 0.15) is 18.9 Å². The molecule has 1 aliphatic rings. The van der Waals surface area contributed by atoms with Crippen molar-refractivity contribution >= 4 is 34.8 Å². The molecule has 1 N–H and O–H groups in total. The monoisotopic (exact) mass is 417 g/mol. The van der Waals surface area contributed by atoms with Gasteiger partial charge in [-0.25, -0.2) is 8.78 Å². The molecule has 0 bridgehead atoms. The fourth-order valence-corrected chi connectivity index (χ4v) is 3.69. The Morgan fingerprint density at radius 3 is 2.24 bits per heavy atom. The van der Waals surface area contributed by atoms with Gasteiger partial charge in [0.1, 0.15) is 17.7 Å². The smallest absolute Gasteiger partial charge is 0.252 e. The first-order chi connectivity index (χ1) is 13.9. The van der Waals surface area contributed by atoms with Gasteiger partial charge in [-0.2, -0.15) is 0 Å². The molecule has 29 heavy (non-hydrogen) atoms. The lowest BCUT2D eigenvalue weighted by Crippen LogP contribution is -2.39. The summed E-state index contributed by atoms with van der Waals surface area (Å²) in [5.41, 5.74) is 1.36. The standard InChI is InChI=1S/C21H21F2N3O2S/c1-2-25-20(28)18(13-19(27)24-17-9-7-16(23)8-10-17)26(21(25)29)12-11-14-3-5-15(22)6-4-14/h3-10,18H,2,11-13H2,1H3,(H,24,27)/t18-/m0/s1. The number of carbonyl (C=O) groups excluding carboxylic acids is 2. The molecule has 2 aromatic carbocycles. The van der Waals surface area contributed by atoms with E-state index in [0.29, 0.717) is 30.3 Å². The Balaban J connectivity index is 1.69. The molecule has 3 rings (SSSR count). The normalized spacial score (nSPS) is 16.4. The third-order valence-corrected chi connectivity index (χ3v) is 5.24. The second kappa shape index (κ2) is 9.09. The highest BCUT2D eigenvalue weighted by atomic mass is 32.1. The van der Waals surface area contributed by atoms with Gasteiger partial charge < -0.3 is 10.2 Å². The van der Waals surface area contributed by atoms with Crippen LogP contribution in [0.15, 0.2) is 48.5 Å². The molecule has 152 valence electrons. The van der Waals surface area contributed by atoms with E-state index in [4.69, 9.17) is 12.2 Å². The number of hydrogen-bond donors (Lipinski definition) is 1. The summed E-state index contributed by atoms with van der Waals surface area (Å²) in [6, 6.07) is 10.8. The Bertz CT molecular complexity index is 903. The molecule has 1 atom stereocenters. The molecular formula is C21H21F2N3O2S. The first kappa shape index (κ1) is 20.9. The van der Waals surface area contributed by atoms with Crippen molar-refractivity contribution in [3.63, 3.8) is 0 Å². The second-order valence-corrected chi connectivity index (χ2v) is 7.08. The van der Waals surface area contributed by atoms with Crippen molar-refractivity contribution in [2.45, 2.75) is 25.8 Å². The third-order valence-electron chi connectivity index (χ3n) is 4.78. The van der Waals surface area contributed by atoms with E-state index in [-0.39, 0.29) is 24.1 Å².